The first-order chi connectivity index (χ1) is 10.4. The van der Waals surface area contributed by atoms with E-state index in [1.165, 1.54) is 19.4 Å². The van der Waals surface area contributed by atoms with E-state index in [2.05, 4.69) is 4.90 Å². The van der Waals surface area contributed by atoms with Gasteiger partial charge in [0.15, 0.2) is 0 Å². The van der Waals surface area contributed by atoms with Crippen molar-refractivity contribution in [3.8, 4) is 0 Å². The molecule has 5 nitrogen and oxygen atoms in total. The van der Waals surface area contributed by atoms with Gasteiger partial charge in [0, 0.05) is 33.3 Å². The van der Waals surface area contributed by atoms with Crippen molar-refractivity contribution in [3.05, 3.63) is 0 Å². The smallest absolute Gasteiger partial charge is 0.410 e. The van der Waals surface area contributed by atoms with Gasteiger partial charge >= 0.3 is 6.09 Å². The molecule has 2 aliphatic heterocycles. The van der Waals surface area contributed by atoms with Crippen LogP contribution in [0.1, 0.15) is 40.0 Å². The molecular formula is C17H32N2O3. The van der Waals surface area contributed by atoms with E-state index < -0.39 is 5.60 Å². The second-order valence-corrected chi connectivity index (χ2v) is 7.80. The summed E-state index contributed by atoms with van der Waals surface area (Å²) in [5.41, 5.74) is -0.407. The maximum Gasteiger partial charge on any atom is 0.410 e. The Bertz CT molecular complexity index is 365. The summed E-state index contributed by atoms with van der Waals surface area (Å²) in [5.74, 6) is 1.25. The van der Waals surface area contributed by atoms with Crippen LogP contribution in [0.5, 0.6) is 0 Å². The largest absolute Gasteiger partial charge is 0.444 e. The van der Waals surface area contributed by atoms with E-state index in [-0.39, 0.29) is 6.09 Å². The van der Waals surface area contributed by atoms with E-state index in [1.807, 2.05) is 25.7 Å². The van der Waals surface area contributed by atoms with Crippen LogP contribution in [-0.2, 0) is 9.47 Å². The number of methoxy groups -OCH3 is 1. The van der Waals surface area contributed by atoms with Gasteiger partial charge in [0.2, 0.25) is 0 Å². The summed E-state index contributed by atoms with van der Waals surface area (Å²) in [6, 6.07) is 0. The highest BCUT2D eigenvalue weighted by Gasteiger charge is 2.31. The number of amides is 1. The number of carbonyl (C=O) groups excluding carboxylic acids is 1. The number of likely N-dealkylation sites (tertiary alicyclic amines) is 2. The van der Waals surface area contributed by atoms with Crippen molar-refractivity contribution in [1.29, 1.82) is 0 Å². The maximum absolute atomic E-state index is 12.1. The Morgan fingerprint density at radius 1 is 1.14 bits per heavy atom. The van der Waals surface area contributed by atoms with E-state index in [4.69, 9.17) is 9.47 Å². The van der Waals surface area contributed by atoms with Gasteiger partial charge in [0.25, 0.3) is 0 Å². The number of hydrogen-bond acceptors (Lipinski definition) is 4. The number of piperidine rings is 1. The van der Waals surface area contributed by atoms with E-state index in [1.54, 1.807) is 7.11 Å². The summed E-state index contributed by atoms with van der Waals surface area (Å²) in [6.07, 6.45) is 3.46. The minimum atomic E-state index is -0.407. The Morgan fingerprint density at radius 3 is 2.59 bits per heavy atom. The molecule has 22 heavy (non-hydrogen) atoms. The average Bonchev–Trinajstić information content (AvgIpc) is 2.86. The third-order valence-corrected chi connectivity index (χ3v) is 4.46. The Kier molecular flexibility index (Phi) is 6.09. The van der Waals surface area contributed by atoms with Crippen molar-refractivity contribution in [2.24, 2.45) is 11.8 Å². The third kappa shape index (κ3) is 5.43. The van der Waals surface area contributed by atoms with Crippen LogP contribution in [-0.4, -0.2) is 67.9 Å². The predicted molar refractivity (Wildman–Crippen MR) is 87.0 cm³/mol. The van der Waals surface area contributed by atoms with Gasteiger partial charge in [-0.1, -0.05) is 0 Å². The number of hydrogen-bond donors (Lipinski definition) is 0. The SMILES string of the molecule is COC[C@@H]1CCCN(C[C@H]2CCN(C(=O)OC(C)(C)C)C2)C1. The summed E-state index contributed by atoms with van der Waals surface area (Å²) < 4.78 is 10.8. The van der Waals surface area contributed by atoms with E-state index in [9.17, 15) is 4.79 Å². The monoisotopic (exact) mass is 312 g/mol. The molecule has 5 heteroatoms. The van der Waals surface area contributed by atoms with Crippen LogP contribution in [0.25, 0.3) is 0 Å². The zero-order valence-electron chi connectivity index (χ0n) is 14.6. The Hall–Kier alpha value is -0.810. The zero-order chi connectivity index (χ0) is 16.2. The first-order valence-corrected chi connectivity index (χ1v) is 8.56. The van der Waals surface area contributed by atoms with Crippen LogP contribution < -0.4 is 0 Å². The number of rotatable bonds is 4. The highest BCUT2D eigenvalue weighted by Crippen LogP contribution is 2.23. The highest BCUT2D eigenvalue weighted by molar-refractivity contribution is 5.68. The normalized spacial score (nSPS) is 27.2. The first-order valence-electron chi connectivity index (χ1n) is 8.56. The van der Waals surface area contributed by atoms with E-state index in [0.717, 1.165) is 39.2 Å². The molecule has 0 aromatic carbocycles. The standard InChI is InChI=1S/C17H32N2O3/c1-17(2,3)22-16(20)19-9-7-14(12-19)10-18-8-5-6-15(11-18)13-21-4/h14-15H,5-13H2,1-4H3/t14-,15-/m1/s1. The van der Waals surface area contributed by atoms with Crippen LogP contribution >= 0.6 is 0 Å². The van der Waals surface area contributed by atoms with Crippen molar-refractivity contribution in [1.82, 2.24) is 9.80 Å². The number of ether oxygens (including phenoxy) is 2. The summed E-state index contributed by atoms with van der Waals surface area (Å²) in [6.45, 7) is 11.7. The molecule has 2 fully saturated rings. The molecule has 2 rings (SSSR count). The summed E-state index contributed by atoms with van der Waals surface area (Å²) >= 11 is 0. The van der Waals surface area contributed by atoms with Crippen molar-refractivity contribution in [2.45, 2.75) is 45.6 Å². The van der Waals surface area contributed by atoms with Crippen LogP contribution in [0, 0.1) is 11.8 Å². The van der Waals surface area contributed by atoms with Gasteiger partial charge in [-0.05, 0) is 58.4 Å². The van der Waals surface area contributed by atoms with Crippen molar-refractivity contribution in [2.75, 3.05) is 46.4 Å². The minimum Gasteiger partial charge on any atom is -0.444 e. The maximum atomic E-state index is 12.1. The topological polar surface area (TPSA) is 42.0 Å². The van der Waals surface area contributed by atoms with Crippen LogP contribution in [0.15, 0.2) is 0 Å². The number of carbonyl (C=O) groups is 1. The molecule has 0 unspecified atom stereocenters. The Labute approximate surface area is 134 Å². The van der Waals surface area contributed by atoms with Gasteiger partial charge in [0.1, 0.15) is 5.60 Å². The molecule has 0 aromatic rings. The Morgan fingerprint density at radius 2 is 1.91 bits per heavy atom. The minimum absolute atomic E-state index is 0.161. The summed E-state index contributed by atoms with van der Waals surface area (Å²) in [7, 11) is 1.79. The molecule has 2 saturated heterocycles. The molecule has 2 aliphatic rings. The van der Waals surface area contributed by atoms with Gasteiger partial charge in [0.05, 0.1) is 6.61 Å². The van der Waals surface area contributed by atoms with Crippen molar-refractivity contribution < 1.29 is 14.3 Å². The first kappa shape index (κ1) is 17.5. The molecule has 0 spiro atoms. The molecule has 0 saturated carbocycles. The molecule has 0 radical (unpaired) electrons. The lowest BCUT2D eigenvalue weighted by Crippen LogP contribution is -2.41. The van der Waals surface area contributed by atoms with Crippen molar-refractivity contribution in [3.63, 3.8) is 0 Å². The lowest BCUT2D eigenvalue weighted by Gasteiger charge is -2.34. The molecule has 0 aromatic heterocycles. The summed E-state index contributed by atoms with van der Waals surface area (Å²) in [5, 5.41) is 0. The molecule has 0 N–H and O–H groups in total. The lowest BCUT2D eigenvalue weighted by molar-refractivity contribution is 0.0281. The molecule has 2 atom stereocenters. The summed E-state index contributed by atoms with van der Waals surface area (Å²) in [4.78, 5) is 16.5. The van der Waals surface area contributed by atoms with Gasteiger partial charge < -0.3 is 19.3 Å². The number of nitrogens with zero attached hydrogens (tertiary/aromatic N) is 2. The van der Waals surface area contributed by atoms with Gasteiger partial charge in [-0.2, -0.15) is 0 Å². The fraction of sp³-hybridized carbons (Fsp3) is 0.941. The van der Waals surface area contributed by atoms with Gasteiger partial charge in [-0.25, -0.2) is 4.79 Å². The van der Waals surface area contributed by atoms with E-state index >= 15 is 0 Å². The molecule has 128 valence electrons. The van der Waals surface area contributed by atoms with Crippen LogP contribution in [0.3, 0.4) is 0 Å². The fourth-order valence-corrected chi connectivity index (χ4v) is 3.53. The van der Waals surface area contributed by atoms with E-state index in [0.29, 0.717) is 11.8 Å². The quantitative estimate of drug-likeness (QED) is 0.800. The van der Waals surface area contributed by atoms with Crippen molar-refractivity contribution >= 4 is 6.09 Å². The zero-order valence-corrected chi connectivity index (χ0v) is 14.6. The average molecular weight is 312 g/mol. The van der Waals surface area contributed by atoms with Crippen LogP contribution in [0.4, 0.5) is 4.79 Å². The second kappa shape index (κ2) is 7.64. The predicted octanol–water partition coefficient (Wildman–Crippen LogP) is 2.60. The second-order valence-electron chi connectivity index (χ2n) is 7.80. The lowest BCUT2D eigenvalue weighted by atomic mass is 9.97. The fourth-order valence-electron chi connectivity index (χ4n) is 3.53. The molecular weight excluding hydrogens is 280 g/mol. The highest BCUT2D eigenvalue weighted by atomic mass is 16.6. The van der Waals surface area contributed by atoms with Gasteiger partial charge in [-0.15, -0.1) is 0 Å². The van der Waals surface area contributed by atoms with Crippen LogP contribution in [0.2, 0.25) is 0 Å². The molecule has 0 bridgehead atoms. The Balaban J connectivity index is 1.75. The van der Waals surface area contributed by atoms with Gasteiger partial charge in [-0.3, -0.25) is 0 Å². The molecule has 1 amide bonds. The third-order valence-electron chi connectivity index (χ3n) is 4.46. The molecule has 2 heterocycles. The molecule has 0 aliphatic carbocycles.